The van der Waals surface area contributed by atoms with Crippen LogP contribution in [0.15, 0.2) is 24.3 Å². The highest BCUT2D eigenvalue weighted by Gasteiger charge is 2.17. The summed E-state index contributed by atoms with van der Waals surface area (Å²) in [6.45, 7) is 12.8. The maximum atomic E-state index is 6.02. The van der Waals surface area contributed by atoms with Gasteiger partial charge in [0, 0.05) is 25.7 Å². The molecule has 1 unspecified atom stereocenters. The van der Waals surface area contributed by atoms with Crippen LogP contribution in [0.1, 0.15) is 44.9 Å². The zero-order chi connectivity index (χ0) is 15.7. The lowest BCUT2D eigenvalue weighted by Crippen LogP contribution is -2.36. The van der Waals surface area contributed by atoms with Crippen molar-refractivity contribution in [3.63, 3.8) is 0 Å². The molecule has 0 fully saturated rings. The van der Waals surface area contributed by atoms with E-state index >= 15 is 0 Å². The fourth-order valence-corrected chi connectivity index (χ4v) is 2.70. The first kappa shape index (κ1) is 18.1. The standard InChI is InChI=1S/C18H32N2O/c1-5-20(11-12-21-6-2)18(14-19)17-9-7-16(8-10-17)13-15(3)4/h7-10,15,18H,5-6,11-14,19H2,1-4H3. The van der Waals surface area contributed by atoms with Crippen LogP contribution in [0.25, 0.3) is 0 Å². The van der Waals surface area contributed by atoms with E-state index in [-0.39, 0.29) is 6.04 Å². The van der Waals surface area contributed by atoms with Crippen molar-refractivity contribution in [2.45, 2.75) is 40.2 Å². The van der Waals surface area contributed by atoms with Crippen LogP contribution in [0.2, 0.25) is 0 Å². The average Bonchev–Trinajstić information content (AvgIpc) is 2.47. The highest BCUT2D eigenvalue weighted by molar-refractivity contribution is 5.25. The summed E-state index contributed by atoms with van der Waals surface area (Å²) in [4.78, 5) is 2.40. The first-order chi connectivity index (χ1) is 10.1. The Kier molecular flexibility index (Phi) is 8.58. The molecule has 3 nitrogen and oxygen atoms in total. The maximum Gasteiger partial charge on any atom is 0.0593 e. The largest absolute Gasteiger partial charge is 0.380 e. The fraction of sp³-hybridized carbons (Fsp3) is 0.667. The molecule has 2 N–H and O–H groups in total. The second-order valence-corrected chi connectivity index (χ2v) is 5.92. The van der Waals surface area contributed by atoms with Crippen molar-refractivity contribution >= 4 is 0 Å². The van der Waals surface area contributed by atoms with E-state index in [9.17, 15) is 0 Å². The number of hydrogen-bond donors (Lipinski definition) is 1. The average molecular weight is 292 g/mol. The van der Waals surface area contributed by atoms with Gasteiger partial charge in [0.1, 0.15) is 0 Å². The molecule has 120 valence electrons. The van der Waals surface area contributed by atoms with Gasteiger partial charge in [-0.3, -0.25) is 4.90 Å². The summed E-state index contributed by atoms with van der Waals surface area (Å²) in [7, 11) is 0. The van der Waals surface area contributed by atoms with Crippen LogP contribution in [0.5, 0.6) is 0 Å². The molecule has 0 amide bonds. The van der Waals surface area contributed by atoms with Crippen molar-refractivity contribution in [3.8, 4) is 0 Å². The summed E-state index contributed by atoms with van der Waals surface area (Å²) in [5.74, 6) is 0.694. The number of nitrogens with two attached hydrogens (primary N) is 1. The summed E-state index contributed by atoms with van der Waals surface area (Å²) < 4.78 is 5.48. The molecule has 3 heteroatoms. The molecule has 0 aliphatic rings. The molecule has 0 radical (unpaired) electrons. The molecule has 1 aromatic carbocycles. The second-order valence-electron chi connectivity index (χ2n) is 5.92. The maximum absolute atomic E-state index is 6.02. The number of ether oxygens (including phenoxy) is 1. The summed E-state index contributed by atoms with van der Waals surface area (Å²) >= 11 is 0. The predicted octanol–water partition coefficient (Wildman–Crippen LogP) is 3.24. The van der Waals surface area contributed by atoms with Gasteiger partial charge in [0.15, 0.2) is 0 Å². The van der Waals surface area contributed by atoms with E-state index in [4.69, 9.17) is 10.5 Å². The lowest BCUT2D eigenvalue weighted by atomic mass is 9.99. The highest BCUT2D eigenvalue weighted by atomic mass is 16.5. The molecular formula is C18H32N2O. The molecule has 1 rings (SSSR count). The summed E-state index contributed by atoms with van der Waals surface area (Å²) in [6, 6.07) is 9.24. The van der Waals surface area contributed by atoms with E-state index in [1.54, 1.807) is 0 Å². The van der Waals surface area contributed by atoms with E-state index in [1.807, 2.05) is 6.92 Å². The van der Waals surface area contributed by atoms with Crippen LogP contribution >= 0.6 is 0 Å². The van der Waals surface area contributed by atoms with Gasteiger partial charge in [-0.1, -0.05) is 45.0 Å². The number of nitrogens with zero attached hydrogens (tertiary/aromatic N) is 1. The van der Waals surface area contributed by atoms with Crippen LogP contribution in [0.3, 0.4) is 0 Å². The minimum absolute atomic E-state index is 0.281. The molecule has 0 heterocycles. The fourth-order valence-electron chi connectivity index (χ4n) is 2.70. The second kappa shape index (κ2) is 9.93. The van der Waals surface area contributed by atoms with E-state index in [0.29, 0.717) is 12.5 Å². The van der Waals surface area contributed by atoms with Crippen LogP contribution in [0, 0.1) is 5.92 Å². The predicted molar refractivity (Wildman–Crippen MR) is 90.5 cm³/mol. The Balaban J connectivity index is 2.72. The monoisotopic (exact) mass is 292 g/mol. The Labute approximate surface area is 130 Å². The number of likely N-dealkylation sites (N-methyl/N-ethyl adjacent to an activating group) is 1. The van der Waals surface area contributed by atoms with Gasteiger partial charge in [-0.05, 0) is 36.9 Å². The molecule has 21 heavy (non-hydrogen) atoms. The topological polar surface area (TPSA) is 38.5 Å². The van der Waals surface area contributed by atoms with Gasteiger partial charge in [-0.15, -0.1) is 0 Å². The van der Waals surface area contributed by atoms with Gasteiger partial charge in [0.2, 0.25) is 0 Å². The Morgan fingerprint density at radius 2 is 1.81 bits per heavy atom. The molecular weight excluding hydrogens is 260 g/mol. The minimum atomic E-state index is 0.281. The first-order valence-corrected chi connectivity index (χ1v) is 8.23. The summed E-state index contributed by atoms with van der Waals surface area (Å²) in [5.41, 5.74) is 8.73. The van der Waals surface area contributed by atoms with Crippen molar-refractivity contribution in [1.82, 2.24) is 4.90 Å². The van der Waals surface area contributed by atoms with Crippen molar-refractivity contribution in [2.75, 3.05) is 32.8 Å². The normalized spacial score (nSPS) is 13.1. The smallest absolute Gasteiger partial charge is 0.0593 e. The third-order valence-electron chi connectivity index (χ3n) is 3.81. The molecule has 1 aromatic rings. The van der Waals surface area contributed by atoms with Crippen molar-refractivity contribution < 1.29 is 4.74 Å². The van der Waals surface area contributed by atoms with Gasteiger partial charge in [-0.2, -0.15) is 0 Å². The molecule has 0 saturated heterocycles. The number of hydrogen-bond acceptors (Lipinski definition) is 3. The Morgan fingerprint density at radius 1 is 1.14 bits per heavy atom. The van der Waals surface area contributed by atoms with Crippen molar-refractivity contribution in [1.29, 1.82) is 0 Å². The zero-order valence-electron chi connectivity index (χ0n) is 14.1. The third kappa shape index (κ3) is 6.16. The molecule has 0 bridgehead atoms. The highest BCUT2D eigenvalue weighted by Crippen LogP contribution is 2.20. The van der Waals surface area contributed by atoms with Gasteiger partial charge in [0.05, 0.1) is 6.61 Å². The van der Waals surface area contributed by atoms with Crippen LogP contribution in [-0.2, 0) is 11.2 Å². The molecule has 0 spiro atoms. The molecule has 1 atom stereocenters. The van der Waals surface area contributed by atoms with Crippen LogP contribution in [0.4, 0.5) is 0 Å². The summed E-state index contributed by atoms with van der Waals surface area (Å²) in [6.07, 6.45) is 1.13. The Morgan fingerprint density at radius 3 is 2.29 bits per heavy atom. The Bertz CT molecular complexity index is 375. The minimum Gasteiger partial charge on any atom is -0.380 e. The van der Waals surface area contributed by atoms with Gasteiger partial charge < -0.3 is 10.5 Å². The van der Waals surface area contributed by atoms with Crippen LogP contribution < -0.4 is 5.73 Å². The zero-order valence-corrected chi connectivity index (χ0v) is 14.1. The third-order valence-corrected chi connectivity index (χ3v) is 3.81. The van der Waals surface area contributed by atoms with Crippen molar-refractivity contribution in [3.05, 3.63) is 35.4 Å². The number of benzene rings is 1. The number of rotatable bonds is 10. The molecule has 0 aromatic heterocycles. The van der Waals surface area contributed by atoms with Crippen molar-refractivity contribution in [2.24, 2.45) is 11.7 Å². The van der Waals surface area contributed by atoms with E-state index in [0.717, 1.165) is 32.7 Å². The first-order valence-electron chi connectivity index (χ1n) is 8.23. The van der Waals surface area contributed by atoms with Crippen LogP contribution in [-0.4, -0.2) is 37.7 Å². The lowest BCUT2D eigenvalue weighted by molar-refractivity contribution is 0.0980. The van der Waals surface area contributed by atoms with E-state index in [1.165, 1.54) is 11.1 Å². The molecule has 0 saturated carbocycles. The quantitative estimate of drug-likeness (QED) is 0.673. The molecule has 0 aliphatic heterocycles. The van der Waals surface area contributed by atoms with E-state index in [2.05, 4.69) is 49.9 Å². The Hall–Kier alpha value is -0.900. The molecule has 0 aliphatic carbocycles. The van der Waals surface area contributed by atoms with Gasteiger partial charge >= 0.3 is 0 Å². The summed E-state index contributed by atoms with van der Waals surface area (Å²) in [5, 5.41) is 0. The lowest BCUT2D eigenvalue weighted by Gasteiger charge is -2.30. The van der Waals surface area contributed by atoms with Gasteiger partial charge in [0.25, 0.3) is 0 Å². The van der Waals surface area contributed by atoms with Gasteiger partial charge in [-0.25, -0.2) is 0 Å². The van der Waals surface area contributed by atoms with E-state index < -0.39 is 0 Å². The SMILES string of the molecule is CCOCCN(CC)C(CN)c1ccc(CC(C)C)cc1.